The van der Waals surface area contributed by atoms with E-state index in [1.165, 1.54) is 0 Å². The lowest BCUT2D eigenvalue weighted by Gasteiger charge is -2.33. The largest absolute Gasteiger partial charge is 0.443 e. The molecule has 0 aliphatic heterocycles. The molecule has 0 aromatic carbocycles. The van der Waals surface area contributed by atoms with E-state index >= 15 is 0 Å². The summed E-state index contributed by atoms with van der Waals surface area (Å²) in [7, 11) is 0. The van der Waals surface area contributed by atoms with Gasteiger partial charge in [0.25, 0.3) is 0 Å². The minimum Gasteiger partial charge on any atom is -0.443 e. The maximum absolute atomic E-state index is 12.4. The van der Waals surface area contributed by atoms with Crippen LogP contribution in [0.5, 0.6) is 0 Å². The van der Waals surface area contributed by atoms with Crippen LogP contribution in [0.4, 0.5) is 9.59 Å². The summed E-state index contributed by atoms with van der Waals surface area (Å²) in [4.78, 5) is 25.8. The molecular formula is C17H33NO5. The van der Waals surface area contributed by atoms with Crippen LogP contribution in [0.3, 0.4) is 0 Å². The topological polar surface area (TPSA) is 76.1 Å². The molecule has 0 atom stereocenters. The zero-order valence-electron chi connectivity index (χ0n) is 15.9. The van der Waals surface area contributed by atoms with E-state index in [2.05, 4.69) is 0 Å². The Morgan fingerprint density at radius 3 is 1.57 bits per heavy atom. The number of carbonyl (C=O) groups excluding carboxylic acids is 2. The molecule has 0 heterocycles. The highest BCUT2D eigenvalue weighted by atomic mass is 16.6. The molecule has 6 heteroatoms. The zero-order valence-corrected chi connectivity index (χ0v) is 15.9. The van der Waals surface area contributed by atoms with Crippen LogP contribution in [0, 0.1) is 5.41 Å². The Labute approximate surface area is 140 Å². The summed E-state index contributed by atoms with van der Waals surface area (Å²) < 4.78 is 10.6. The average Bonchev–Trinajstić information content (AvgIpc) is 2.29. The second-order valence-corrected chi connectivity index (χ2v) is 8.54. The third-order valence-electron chi connectivity index (χ3n) is 2.83. The van der Waals surface area contributed by atoms with E-state index in [0.717, 1.165) is 4.90 Å². The zero-order chi connectivity index (χ0) is 18.5. The molecule has 0 aliphatic rings. The Morgan fingerprint density at radius 1 is 0.870 bits per heavy atom. The first-order valence-corrected chi connectivity index (χ1v) is 8.01. The van der Waals surface area contributed by atoms with Gasteiger partial charge in [0, 0.05) is 13.2 Å². The van der Waals surface area contributed by atoms with Gasteiger partial charge in [0.1, 0.15) is 11.2 Å². The minimum absolute atomic E-state index is 0.0717. The molecular weight excluding hydrogens is 298 g/mol. The predicted octanol–water partition coefficient (Wildman–Crippen LogP) is 3.96. The highest BCUT2D eigenvalue weighted by Crippen LogP contribution is 2.26. The standard InChI is InChI=1S/C17H33NO5/c1-15(2,3)22-13(20)18(14(21)23-16(4,5)6)12-17(7,8)10-9-11-19/h19H,9-12H2,1-8H3. The molecule has 1 N–H and O–H groups in total. The van der Waals surface area contributed by atoms with Gasteiger partial charge in [-0.15, -0.1) is 0 Å². The van der Waals surface area contributed by atoms with Gasteiger partial charge in [0.2, 0.25) is 0 Å². The lowest BCUT2D eigenvalue weighted by molar-refractivity contribution is -0.00601. The van der Waals surface area contributed by atoms with Crippen LogP contribution in [0.1, 0.15) is 68.2 Å². The van der Waals surface area contributed by atoms with Crippen molar-refractivity contribution in [2.24, 2.45) is 5.41 Å². The van der Waals surface area contributed by atoms with Gasteiger partial charge >= 0.3 is 12.2 Å². The van der Waals surface area contributed by atoms with Crippen LogP contribution in [0.15, 0.2) is 0 Å². The van der Waals surface area contributed by atoms with E-state index in [9.17, 15) is 9.59 Å². The Balaban J connectivity index is 5.21. The van der Waals surface area contributed by atoms with Crippen LogP contribution in [0.25, 0.3) is 0 Å². The fourth-order valence-corrected chi connectivity index (χ4v) is 1.90. The number of rotatable bonds is 5. The monoisotopic (exact) mass is 331 g/mol. The number of hydrogen-bond donors (Lipinski definition) is 1. The Hall–Kier alpha value is -1.30. The minimum atomic E-state index is -0.719. The fourth-order valence-electron chi connectivity index (χ4n) is 1.90. The molecule has 0 radical (unpaired) electrons. The fraction of sp³-hybridized carbons (Fsp3) is 0.882. The molecule has 2 amide bonds. The number of imide groups is 1. The van der Waals surface area contributed by atoms with Gasteiger partial charge in [0.05, 0.1) is 0 Å². The van der Waals surface area contributed by atoms with Crippen LogP contribution in [0.2, 0.25) is 0 Å². The van der Waals surface area contributed by atoms with Crippen molar-refractivity contribution in [2.75, 3.05) is 13.2 Å². The first kappa shape index (κ1) is 21.7. The van der Waals surface area contributed by atoms with Gasteiger partial charge < -0.3 is 14.6 Å². The van der Waals surface area contributed by atoms with Gasteiger partial charge in [0.15, 0.2) is 0 Å². The van der Waals surface area contributed by atoms with Gasteiger partial charge in [-0.25, -0.2) is 14.5 Å². The van der Waals surface area contributed by atoms with Crippen molar-refractivity contribution in [1.29, 1.82) is 0 Å². The molecule has 6 nitrogen and oxygen atoms in total. The van der Waals surface area contributed by atoms with Crippen molar-refractivity contribution in [3.05, 3.63) is 0 Å². The highest BCUT2D eigenvalue weighted by Gasteiger charge is 2.35. The smallest absolute Gasteiger partial charge is 0.419 e. The summed E-state index contributed by atoms with van der Waals surface area (Å²) in [6, 6.07) is 0. The van der Waals surface area contributed by atoms with Crippen molar-refractivity contribution in [3.8, 4) is 0 Å². The predicted molar refractivity (Wildman–Crippen MR) is 89.3 cm³/mol. The molecule has 0 aromatic heterocycles. The van der Waals surface area contributed by atoms with Crippen molar-refractivity contribution in [3.63, 3.8) is 0 Å². The molecule has 0 fully saturated rings. The average molecular weight is 331 g/mol. The van der Waals surface area contributed by atoms with Crippen molar-refractivity contribution in [1.82, 2.24) is 4.90 Å². The molecule has 0 aliphatic carbocycles. The number of hydrogen-bond acceptors (Lipinski definition) is 5. The second kappa shape index (κ2) is 7.99. The van der Waals surface area contributed by atoms with Crippen molar-refractivity contribution < 1.29 is 24.2 Å². The molecule has 0 bridgehead atoms. The van der Waals surface area contributed by atoms with Gasteiger partial charge in [-0.05, 0) is 59.8 Å². The van der Waals surface area contributed by atoms with E-state index in [0.29, 0.717) is 12.8 Å². The van der Waals surface area contributed by atoms with Crippen LogP contribution < -0.4 is 0 Å². The van der Waals surface area contributed by atoms with Crippen molar-refractivity contribution >= 4 is 12.2 Å². The van der Waals surface area contributed by atoms with E-state index in [1.54, 1.807) is 41.5 Å². The molecule has 136 valence electrons. The summed E-state index contributed by atoms with van der Waals surface area (Å²) in [6.45, 7) is 14.6. The number of aliphatic hydroxyl groups is 1. The summed E-state index contributed by atoms with van der Waals surface area (Å²) in [6.07, 6.45) is -0.164. The SMILES string of the molecule is CC(C)(CCCO)CN(C(=O)OC(C)(C)C)C(=O)OC(C)(C)C. The summed E-state index contributed by atoms with van der Waals surface area (Å²) in [5.41, 5.74) is -1.75. The summed E-state index contributed by atoms with van der Waals surface area (Å²) in [5.74, 6) is 0. The van der Waals surface area contributed by atoms with Gasteiger partial charge in [-0.2, -0.15) is 0 Å². The molecule has 0 aromatic rings. The van der Waals surface area contributed by atoms with Gasteiger partial charge in [-0.3, -0.25) is 0 Å². The molecule has 0 rings (SSSR count). The highest BCUT2D eigenvalue weighted by molar-refractivity contribution is 5.88. The first-order valence-electron chi connectivity index (χ1n) is 8.01. The molecule has 0 spiro atoms. The molecule has 0 unspecified atom stereocenters. The van der Waals surface area contributed by atoms with E-state index in [4.69, 9.17) is 14.6 Å². The van der Waals surface area contributed by atoms with Gasteiger partial charge in [-0.1, -0.05) is 13.8 Å². The molecule has 23 heavy (non-hydrogen) atoms. The molecule has 0 saturated carbocycles. The number of amides is 2. The van der Waals surface area contributed by atoms with E-state index in [1.807, 2.05) is 13.8 Å². The third kappa shape index (κ3) is 10.2. The normalized spacial score (nSPS) is 12.7. The summed E-state index contributed by atoms with van der Waals surface area (Å²) >= 11 is 0. The number of aliphatic hydroxyl groups excluding tert-OH is 1. The maximum atomic E-state index is 12.4. The Morgan fingerprint density at radius 2 is 1.26 bits per heavy atom. The van der Waals surface area contributed by atoms with E-state index in [-0.39, 0.29) is 18.6 Å². The van der Waals surface area contributed by atoms with E-state index < -0.39 is 23.4 Å². The Kier molecular flexibility index (Phi) is 7.54. The quantitative estimate of drug-likeness (QED) is 0.825. The Bertz CT molecular complexity index is 376. The number of nitrogens with zero attached hydrogens (tertiary/aromatic N) is 1. The second-order valence-electron chi connectivity index (χ2n) is 8.54. The lowest BCUT2D eigenvalue weighted by Crippen LogP contribution is -2.47. The van der Waals surface area contributed by atoms with Crippen LogP contribution in [-0.2, 0) is 9.47 Å². The number of carbonyl (C=O) groups is 2. The lowest BCUT2D eigenvalue weighted by atomic mass is 9.87. The van der Waals surface area contributed by atoms with Crippen molar-refractivity contribution in [2.45, 2.75) is 79.4 Å². The molecule has 0 saturated heterocycles. The van der Waals surface area contributed by atoms with Crippen LogP contribution >= 0.6 is 0 Å². The maximum Gasteiger partial charge on any atom is 0.419 e. The first-order chi connectivity index (χ1) is 10.2. The van der Waals surface area contributed by atoms with Crippen LogP contribution in [-0.4, -0.2) is 46.5 Å². The number of ether oxygens (including phenoxy) is 2. The summed E-state index contributed by atoms with van der Waals surface area (Å²) in [5, 5.41) is 8.99. The third-order valence-corrected chi connectivity index (χ3v) is 2.83.